The van der Waals surface area contributed by atoms with Crippen LogP contribution in [0.25, 0.3) is 4.96 Å². The van der Waals surface area contributed by atoms with Crippen LogP contribution < -0.4 is 4.90 Å². The number of hydrogen-bond acceptors (Lipinski definition) is 5. The molecule has 0 amide bonds. The summed E-state index contributed by atoms with van der Waals surface area (Å²) in [6, 6.07) is 0. The monoisotopic (exact) mass is 282 g/mol. The second kappa shape index (κ2) is 5.88. The van der Waals surface area contributed by atoms with E-state index in [0.29, 0.717) is 0 Å². The van der Waals surface area contributed by atoms with Gasteiger partial charge in [0.25, 0.3) is 0 Å². The Kier molecular flexibility index (Phi) is 4.42. The van der Waals surface area contributed by atoms with E-state index in [0.717, 1.165) is 28.9 Å². The third-order valence-corrected chi connectivity index (χ3v) is 3.92. The summed E-state index contributed by atoms with van der Waals surface area (Å²) >= 11 is 1.64. The number of fused-ring (bicyclic) bond motifs is 1. The normalized spacial score (nSPS) is 23.3. The number of nitrogens with zero attached hydrogens (tertiary/aromatic N) is 4. The van der Waals surface area contributed by atoms with Gasteiger partial charge in [-0.25, -0.2) is 9.50 Å². The molecule has 0 saturated carbocycles. The summed E-state index contributed by atoms with van der Waals surface area (Å²) in [5.41, 5.74) is 1.08. The van der Waals surface area contributed by atoms with Crippen LogP contribution in [0.3, 0.4) is 0 Å². The molecule has 0 unspecified atom stereocenters. The highest BCUT2D eigenvalue weighted by Gasteiger charge is 2.25. The number of morpholine rings is 1. The minimum atomic E-state index is 0.260. The SMILES string of the molecule is CC.Cc1cnc2sc(N3C[C@@H](C)O[C@@H](C)C3)nn12. The zero-order valence-electron chi connectivity index (χ0n) is 12.3. The number of aryl methyl sites for hydroxylation is 1. The fourth-order valence-corrected chi connectivity index (χ4v) is 3.19. The molecule has 2 atom stereocenters. The van der Waals surface area contributed by atoms with Crippen molar-refractivity contribution < 1.29 is 4.74 Å². The van der Waals surface area contributed by atoms with Gasteiger partial charge in [0.15, 0.2) is 0 Å². The molecule has 1 aliphatic rings. The smallest absolute Gasteiger partial charge is 0.214 e. The molecule has 3 heterocycles. The maximum Gasteiger partial charge on any atom is 0.214 e. The van der Waals surface area contributed by atoms with Crippen molar-refractivity contribution in [1.29, 1.82) is 0 Å². The van der Waals surface area contributed by atoms with Crippen LogP contribution in [0, 0.1) is 6.92 Å². The third kappa shape index (κ3) is 2.90. The fraction of sp³-hybridized carbons (Fsp3) is 0.692. The van der Waals surface area contributed by atoms with E-state index in [1.54, 1.807) is 11.3 Å². The molecule has 3 rings (SSSR count). The van der Waals surface area contributed by atoms with Crippen LogP contribution in [-0.4, -0.2) is 39.9 Å². The molecule has 0 bridgehead atoms. The molecule has 1 saturated heterocycles. The van der Waals surface area contributed by atoms with Gasteiger partial charge < -0.3 is 9.64 Å². The van der Waals surface area contributed by atoms with Gasteiger partial charge in [0.05, 0.1) is 24.1 Å². The van der Waals surface area contributed by atoms with Gasteiger partial charge in [-0.3, -0.25) is 0 Å². The molecule has 5 nitrogen and oxygen atoms in total. The van der Waals surface area contributed by atoms with E-state index in [1.165, 1.54) is 0 Å². The Morgan fingerprint density at radius 2 is 1.89 bits per heavy atom. The summed E-state index contributed by atoms with van der Waals surface area (Å²) in [5.74, 6) is 0. The highest BCUT2D eigenvalue weighted by molar-refractivity contribution is 7.20. The van der Waals surface area contributed by atoms with Gasteiger partial charge in [-0.1, -0.05) is 25.2 Å². The lowest BCUT2D eigenvalue weighted by Crippen LogP contribution is -2.45. The van der Waals surface area contributed by atoms with Gasteiger partial charge in [-0.15, -0.1) is 5.10 Å². The summed E-state index contributed by atoms with van der Waals surface area (Å²) in [5, 5.41) is 5.65. The van der Waals surface area contributed by atoms with Crippen LogP contribution in [0.2, 0.25) is 0 Å². The van der Waals surface area contributed by atoms with E-state index in [9.17, 15) is 0 Å². The summed E-state index contributed by atoms with van der Waals surface area (Å²) in [6.45, 7) is 12.0. The summed E-state index contributed by atoms with van der Waals surface area (Å²) in [4.78, 5) is 7.58. The van der Waals surface area contributed by atoms with Crippen LogP contribution in [-0.2, 0) is 4.74 Å². The number of anilines is 1. The summed E-state index contributed by atoms with van der Waals surface area (Å²) in [6.07, 6.45) is 2.37. The van der Waals surface area contributed by atoms with Crippen LogP contribution in [0.15, 0.2) is 6.20 Å². The highest BCUT2D eigenvalue weighted by Crippen LogP contribution is 2.26. The summed E-state index contributed by atoms with van der Waals surface area (Å²) < 4.78 is 7.64. The summed E-state index contributed by atoms with van der Waals surface area (Å²) in [7, 11) is 0. The fourth-order valence-electron chi connectivity index (χ4n) is 2.25. The average Bonchev–Trinajstić information content (AvgIpc) is 2.94. The maximum atomic E-state index is 5.73. The second-order valence-electron chi connectivity index (χ2n) is 4.64. The lowest BCUT2D eigenvalue weighted by Gasteiger charge is -2.34. The Balaban J connectivity index is 0.000000637. The Bertz CT molecular complexity index is 526. The number of aromatic nitrogens is 3. The molecule has 1 fully saturated rings. The molecule has 0 aromatic carbocycles. The minimum absolute atomic E-state index is 0.260. The molecule has 2 aromatic rings. The largest absolute Gasteiger partial charge is 0.372 e. The molecule has 0 radical (unpaired) electrons. The van der Waals surface area contributed by atoms with Gasteiger partial charge >= 0.3 is 0 Å². The van der Waals surface area contributed by atoms with Gasteiger partial charge in [0, 0.05) is 13.1 Å². The van der Waals surface area contributed by atoms with Crippen molar-refractivity contribution in [3.63, 3.8) is 0 Å². The Morgan fingerprint density at radius 1 is 1.26 bits per heavy atom. The van der Waals surface area contributed by atoms with Crippen molar-refractivity contribution in [2.75, 3.05) is 18.0 Å². The first-order chi connectivity index (χ1) is 9.13. The zero-order chi connectivity index (χ0) is 14.0. The van der Waals surface area contributed by atoms with Crippen molar-refractivity contribution in [2.24, 2.45) is 0 Å². The maximum absolute atomic E-state index is 5.73. The Morgan fingerprint density at radius 3 is 2.47 bits per heavy atom. The number of hydrogen-bond donors (Lipinski definition) is 0. The van der Waals surface area contributed by atoms with Gasteiger partial charge in [-0.05, 0) is 20.8 Å². The van der Waals surface area contributed by atoms with E-state index < -0.39 is 0 Å². The molecule has 1 aliphatic heterocycles. The van der Waals surface area contributed by atoms with Crippen molar-refractivity contribution in [3.8, 4) is 0 Å². The van der Waals surface area contributed by atoms with Crippen LogP contribution in [0.1, 0.15) is 33.4 Å². The van der Waals surface area contributed by atoms with E-state index in [2.05, 4.69) is 28.8 Å². The van der Waals surface area contributed by atoms with Crippen LogP contribution in [0.5, 0.6) is 0 Å². The van der Waals surface area contributed by atoms with E-state index in [1.807, 2.05) is 31.5 Å². The van der Waals surface area contributed by atoms with E-state index in [-0.39, 0.29) is 12.2 Å². The predicted octanol–water partition coefficient (Wildman–Crippen LogP) is 2.74. The quantitative estimate of drug-likeness (QED) is 0.806. The van der Waals surface area contributed by atoms with Crippen molar-refractivity contribution in [3.05, 3.63) is 11.9 Å². The molecule has 0 aliphatic carbocycles. The van der Waals surface area contributed by atoms with E-state index >= 15 is 0 Å². The average molecular weight is 282 g/mol. The lowest BCUT2D eigenvalue weighted by atomic mass is 10.2. The van der Waals surface area contributed by atoms with Gasteiger partial charge in [0.2, 0.25) is 10.1 Å². The zero-order valence-corrected chi connectivity index (χ0v) is 13.1. The number of rotatable bonds is 1. The first-order valence-corrected chi connectivity index (χ1v) is 7.66. The Hall–Kier alpha value is -1.14. The molecular weight excluding hydrogens is 260 g/mol. The van der Waals surface area contributed by atoms with Crippen molar-refractivity contribution >= 4 is 21.4 Å². The Labute approximate surface area is 118 Å². The minimum Gasteiger partial charge on any atom is -0.372 e. The molecule has 19 heavy (non-hydrogen) atoms. The first-order valence-electron chi connectivity index (χ1n) is 6.85. The number of ether oxygens (including phenoxy) is 1. The topological polar surface area (TPSA) is 42.7 Å². The molecule has 106 valence electrons. The second-order valence-corrected chi connectivity index (χ2v) is 5.58. The van der Waals surface area contributed by atoms with Gasteiger partial charge in [0.1, 0.15) is 0 Å². The first kappa shape index (κ1) is 14.3. The molecular formula is C13H22N4OS. The molecule has 0 spiro atoms. The lowest BCUT2D eigenvalue weighted by molar-refractivity contribution is -0.00527. The predicted molar refractivity (Wildman–Crippen MR) is 79.2 cm³/mol. The van der Waals surface area contributed by atoms with Crippen LogP contribution >= 0.6 is 11.3 Å². The van der Waals surface area contributed by atoms with Crippen molar-refractivity contribution in [1.82, 2.24) is 14.6 Å². The molecule has 2 aromatic heterocycles. The molecule has 0 N–H and O–H groups in total. The third-order valence-electron chi connectivity index (χ3n) is 2.94. The highest BCUT2D eigenvalue weighted by atomic mass is 32.1. The van der Waals surface area contributed by atoms with Gasteiger partial charge in [-0.2, -0.15) is 0 Å². The van der Waals surface area contributed by atoms with E-state index in [4.69, 9.17) is 4.74 Å². The standard InChI is InChI=1S/C11H16N4OS.C2H6/c1-7-4-12-10-15(7)13-11(17-10)14-5-8(2)16-9(3)6-14;1-2/h4,8-9H,5-6H2,1-3H3;1-2H3/t8-,9+;. The van der Waals surface area contributed by atoms with Crippen LogP contribution in [0.4, 0.5) is 5.13 Å². The molecule has 6 heteroatoms. The number of imidazole rings is 1. The van der Waals surface area contributed by atoms with Crippen molar-refractivity contribution in [2.45, 2.75) is 46.8 Å².